The van der Waals surface area contributed by atoms with Gasteiger partial charge < -0.3 is 10.6 Å². The Morgan fingerprint density at radius 3 is 2.61 bits per heavy atom. The van der Waals surface area contributed by atoms with Crippen LogP contribution in [0.5, 0.6) is 0 Å². The van der Waals surface area contributed by atoms with Crippen LogP contribution in [0, 0.1) is 6.92 Å². The molecule has 2 heterocycles. The number of anilines is 1. The number of hydrogen-bond acceptors (Lipinski definition) is 4. The van der Waals surface area contributed by atoms with Gasteiger partial charge in [-0.15, -0.1) is 0 Å². The summed E-state index contributed by atoms with van der Waals surface area (Å²) in [5.74, 6) is 0.382. The van der Waals surface area contributed by atoms with Crippen LogP contribution < -0.4 is 10.6 Å². The van der Waals surface area contributed by atoms with E-state index >= 15 is 0 Å². The quantitative estimate of drug-likeness (QED) is 0.771. The van der Waals surface area contributed by atoms with Crippen molar-refractivity contribution < 1.29 is 9.59 Å². The average molecular weight is 400 g/mol. The number of para-hydroxylation sites is 1. The van der Waals surface area contributed by atoms with Gasteiger partial charge in [-0.25, -0.2) is 0 Å². The third-order valence-corrected chi connectivity index (χ3v) is 5.95. The molecule has 2 amide bonds. The van der Waals surface area contributed by atoms with Gasteiger partial charge in [-0.2, -0.15) is 11.3 Å². The first kappa shape index (κ1) is 20.6. The molecule has 0 atom stereocenters. The molecule has 2 aromatic rings. The third kappa shape index (κ3) is 5.20. The van der Waals surface area contributed by atoms with Crippen molar-refractivity contribution in [2.45, 2.75) is 45.6 Å². The summed E-state index contributed by atoms with van der Waals surface area (Å²) in [5.41, 5.74) is 3.93. The van der Waals surface area contributed by atoms with Gasteiger partial charge in [0.1, 0.15) is 0 Å². The Morgan fingerprint density at radius 1 is 1.21 bits per heavy atom. The lowest BCUT2D eigenvalue weighted by Crippen LogP contribution is -2.46. The van der Waals surface area contributed by atoms with Crippen LogP contribution in [0.25, 0.3) is 0 Å². The fourth-order valence-corrected chi connectivity index (χ4v) is 4.26. The second kappa shape index (κ2) is 9.34. The van der Waals surface area contributed by atoms with Crippen molar-refractivity contribution in [3.63, 3.8) is 0 Å². The van der Waals surface area contributed by atoms with E-state index in [1.165, 1.54) is 16.9 Å². The van der Waals surface area contributed by atoms with Crippen molar-refractivity contribution in [1.29, 1.82) is 0 Å². The first-order valence-electron chi connectivity index (χ1n) is 9.89. The predicted octanol–water partition coefficient (Wildman–Crippen LogP) is 4.01. The summed E-state index contributed by atoms with van der Waals surface area (Å²) in [6.45, 7) is 8.32. The summed E-state index contributed by atoms with van der Waals surface area (Å²) in [5, 5.41) is 10.0. The number of likely N-dealkylation sites (tertiary alicyclic amines) is 1. The molecule has 0 bridgehead atoms. The Bertz CT molecular complexity index is 809. The molecule has 1 aliphatic rings. The lowest BCUT2D eigenvalue weighted by molar-refractivity contribution is -0.117. The van der Waals surface area contributed by atoms with Gasteiger partial charge in [0.15, 0.2) is 0 Å². The van der Waals surface area contributed by atoms with Crippen LogP contribution in [0.3, 0.4) is 0 Å². The van der Waals surface area contributed by atoms with Gasteiger partial charge in [-0.3, -0.25) is 14.5 Å². The van der Waals surface area contributed by atoms with Crippen LogP contribution in [0.1, 0.15) is 54.1 Å². The highest BCUT2D eigenvalue weighted by atomic mass is 32.1. The number of carbonyl (C=O) groups is 2. The molecule has 2 N–H and O–H groups in total. The van der Waals surface area contributed by atoms with Crippen LogP contribution in [0.2, 0.25) is 0 Å². The summed E-state index contributed by atoms with van der Waals surface area (Å²) in [4.78, 5) is 26.9. The Balaban J connectivity index is 1.49. The number of aryl methyl sites for hydroxylation is 1. The van der Waals surface area contributed by atoms with Crippen LogP contribution in [-0.2, 0) is 4.79 Å². The molecule has 150 valence electrons. The maximum atomic E-state index is 12.6. The molecule has 0 radical (unpaired) electrons. The molecule has 1 aliphatic heterocycles. The number of carbonyl (C=O) groups excluding carboxylic acids is 2. The molecule has 1 fully saturated rings. The molecule has 28 heavy (non-hydrogen) atoms. The van der Waals surface area contributed by atoms with E-state index in [0.717, 1.165) is 42.7 Å². The molecule has 0 spiro atoms. The van der Waals surface area contributed by atoms with E-state index in [4.69, 9.17) is 0 Å². The van der Waals surface area contributed by atoms with Crippen molar-refractivity contribution >= 4 is 28.8 Å². The molecule has 1 aromatic carbocycles. The van der Waals surface area contributed by atoms with Crippen molar-refractivity contribution in [1.82, 2.24) is 10.2 Å². The van der Waals surface area contributed by atoms with Crippen molar-refractivity contribution in [3.05, 3.63) is 51.7 Å². The van der Waals surface area contributed by atoms with Crippen molar-refractivity contribution in [3.8, 4) is 0 Å². The minimum atomic E-state index is -0.00166. The summed E-state index contributed by atoms with van der Waals surface area (Å²) in [7, 11) is 0. The number of amides is 2. The van der Waals surface area contributed by atoms with Crippen LogP contribution in [-0.4, -0.2) is 42.4 Å². The zero-order valence-electron chi connectivity index (χ0n) is 16.8. The monoisotopic (exact) mass is 399 g/mol. The van der Waals surface area contributed by atoms with Crippen molar-refractivity contribution in [2.75, 3.05) is 25.0 Å². The Hall–Kier alpha value is -2.18. The Morgan fingerprint density at radius 2 is 1.96 bits per heavy atom. The average Bonchev–Trinajstić information content (AvgIpc) is 3.19. The van der Waals surface area contributed by atoms with Gasteiger partial charge in [0.05, 0.1) is 6.54 Å². The molecule has 1 saturated heterocycles. The molecular weight excluding hydrogens is 370 g/mol. The maximum absolute atomic E-state index is 12.6. The number of nitrogens with one attached hydrogen (secondary N) is 2. The van der Waals surface area contributed by atoms with Crippen molar-refractivity contribution in [2.24, 2.45) is 0 Å². The lowest BCUT2D eigenvalue weighted by atomic mass is 9.98. The zero-order chi connectivity index (χ0) is 20.1. The first-order chi connectivity index (χ1) is 13.4. The van der Waals surface area contributed by atoms with Gasteiger partial charge in [-0.1, -0.05) is 32.0 Å². The number of rotatable bonds is 6. The number of nitrogens with zero attached hydrogens (tertiary/aromatic N) is 1. The smallest absolute Gasteiger partial charge is 0.252 e. The van der Waals surface area contributed by atoms with Crippen LogP contribution in [0.4, 0.5) is 5.69 Å². The molecule has 6 heteroatoms. The highest BCUT2D eigenvalue weighted by Crippen LogP contribution is 2.27. The molecule has 5 nitrogen and oxygen atoms in total. The normalized spacial score (nSPS) is 15.6. The highest BCUT2D eigenvalue weighted by molar-refractivity contribution is 7.08. The maximum Gasteiger partial charge on any atom is 0.252 e. The zero-order valence-corrected chi connectivity index (χ0v) is 17.6. The number of thiophene rings is 1. The number of piperidine rings is 1. The topological polar surface area (TPSA) is 61.4 Å². The summed E-state index contributed by atoms with van der Waals surface area (Å²) in [6, 6.07) is 8.17. The lowest BCUT2D eigenvalue weighted by Gasteiger charge is -2.32. The molecule has 0 saturated carbocycles. The van der Waals surface area contributed by atoms with E-state index in [-0.39, 0.29) is 17.9 Å². The summed E-state index contributed by atoms with van der Waals surface area (Å²) in [6.07, 6.45) is 1.73. The largest absolute Gasteiger partial charge is 0.349 e. The first-order valence-corrected chi connectivity index (χ1v) is 10.8. The fourth-order valence-electron chi connectivity index (χ4n) is 3.62. The molecule has 0 aliphatic carbocycles. The third-order valence-electron chi connectivity index (χ3n) is 5.26. The second-order valence-corrected chi connectivity index (χ2v) is 8.56. The van der Waals surface area contributed by atoms with E-state index in [9.17, 15) is 9.59 Å². The molecular formula is C22H29N3O2S. The van der Waals surface area contributed by atoms with Crippen LogP contribution >= 0.6 is 11.3 Å². The fraction of sp³-hybridized carbons (Fsp3) is 0.455. The number of benzene rings is 1. The molecule has 3 rings (SSSR count). The highest BCUT2D eigenvalue weighted by Gasteiger charge is 2.23. The van der Waals surface area contributed by atoms with E-state index in [2.05, 4.69) is 35.4 Å². The minimum Gasteiger partial charge on any atom is -0.349 e. The SMILES string of the molecule is Cc1cccc(C(C)C)c1NC(=O)CN1CCC(NC(=O)c2ccsc2)CC1. The van der Waals surface area contributed by atoms with E-state index in [0.29, 0.717) is 12.5 Å². The van der Waals surface area contributed by atoms with Gasteiger partial charge >= 0.3 is 0 Å². The Labute approximate surface area is 171 Å². The van der Waals surface area contributed by atoms with Gasteiger partial charge in [0.2, 0.25) is 5.91 Å². The second-order valence-electron chi connectivity index (χ2n) is 7.78. The standard InChI is InChI=1S/C22H29N3O2S/c1-15(2)19-6-4-5-16(3)21(19)24-20(26)13-25-10-7-18(8-11-25)23-22(27)17-9-12-28-14-17/h4-6,9,12,14-15,18H,7-8,10-11,13H2,1-3H3,(H,23,27)(H,24,26). The summed E-state index contributed by atoms with van der Waals surface area (Å²) < 4.78 is 0. The minimum absolute atomic E-state index is 0.00166. The van der Waals surface area contributed by atoms with Gasteiger partial charge in [0, 0.05) is 35.8 Å². The Kier molecular flexibility index (Phi) is 6.86. The number of hydrogen-bond donors (Lipinski definition) is 2. The van der Waals surface area contributed by atoms with E-state index in [1.54, 1.807) is 0 Å². The van der Waals surface area contributed by atoms with Gasteiger partial charge in [0.25, 0.3) is 5.91 Å². The van der Waals surface area contributed by atoms with E-state index in [1.807, 2.05) is 35.9 Å². The molecule has 0 unspecified atom stereocenters. The summed E-state index contributed by atoms with van der Waals surface area (Å²) >= 11 is 1.53. The molecule has 1 aromatic heterocycles. The van der Waals surface area contributed by atoms with E-state index < -0.39 is 0 Å². The van der Waals surface area contributed by atoms with Crippen LogP contribution in [0.15, 0.2) is 35.0 Å². The van der Waals surface area contributed by atoms with Gasteiger partial charge in [-0.05, 0) is 48.3 Å². The predicted molar refractivity (Wildman–Crippen MR) is 115 cm³/mol.